The van der Waals surface area contributed by atoms with Gasteiger partial charge >= 0.3 is 0 Å². The lowest BCUT2D eigenvalue weighted by molar-refractivity contribution is -0.134. The van der Waals surface area contributed by atoms with Crippen LogP contribution in [0.2, 0.25) is 0 Å². The number of benzene rings is 3. The highest BCUT2D eigenvalue weighted by Gasteiger charge is 2.30. The molecule has 44 heavy (non-hydrogen) atoms. The van der Waals surface area contributed by atoms with Crippen molar-refractivity contribution in [3.05, 3.63) is 78.4 Å². The van der Waals surface area contributed by atoms with E-state index < -0.39 is 17.1 Å². The lowest BCUT2D eigenvalue weighted by Crippen LogP contribution is -2.51. The fourth-order valence-electron chi connectivity index (χ4n) is 5.41. The number of ether oxygens (including phenoxy) is 1. The first kappa shape index (κ1) is 33.4. The van der Waals surface area contributed by atoms with E-state index in [1.54, 1.807) is 5.06 Å². The van der Waals surface area contributed by atoms with Crippen LogP contribution in [0.5, 0.6) is 0 Å². The minimum Gasteiger partial charge on any atom is -0.379 e. The van der Waals surface area contributed by atoms with Gasteiger partial charge in [0.25, 0.3) is 0 Å². The van der Waals surface area contributed by atoms with E-state index in [0.29, 0.717) is 43.8 Å². The standard InChI is InChI=1S/C32H40N4O5S.CH2O/c37-31(27-13-17-36(18-14-27)41-42(39)29-12-11-26-9-4-5-10-28(26)24-29)34-30(23-25-7-2-1-3-8-25)32(38)33-15-6-16-35-19-21-40-22-20-35;1-2/h1-5,7-12,24,27,30H,6,13-23H2,(H,33,38)(H,34,37);1H2. The van der Waals surface area contributed by atoms with Gasteiger partial charge in [0.15, 0.2) is 0 Å². The van der Waals surface area contributed by atoms with Crippen LogP contribution < -0.4 is 10.6 Å². The van der Waals surface area contributed by atoms with Gasteiger partial charge in [0.2, 0.25) is 22.9 Å². The number of hydrogen-bond donors (Lipinski definition) is 2. The number of carbonyl (C=O) groups is 3. The first-order valence-electron chi connectivity index (χ1n) is 15.1. The van der Waals surface area contributed by atoms with Crippen molar-refractivity contribution in [3.63, 3.8) is 0 Å². The van der Waals surface area contributed by atoms with Crippen molar-refractivity contribution >= 4 is 40.5 Å². The lowest BCUT2D eigenvalue weighted by atomic mass is 9.96. The second kappa shape index (κ2) is 17.7. The van der Waals surface area contributed by atoms with E-state index in [0.717, 1.165) is 55.6 Å². The van der Waals surface area contributed by atoms with Crippen LogP contribution in [-0.2, 0) is 40.9 Å². The van der Waals surface area contributed by atoms with Crippen LogP contribution >= 0.6 is 0 Å². The zero-order valence-electron chi connectivity index (χ0n) is 25.0. The van der Waals surface area contributed by atoms with Crippen LogP contribution in [-0.4, -0.2) is 91.3 Å². The molecule has 3 aromatic carbocycles. The molecule has 0 saturated carbocycles. The molecule has 236 valence electrons. The van der Waals surface area contributed by atoms with Gasteiger partial charge in [-0.2, -0.15) is 9.35 Å². The summed E-state index contributed by atoms with van der Waals surface area (Å²) < 4.78 is 24.0. The van der Waals surface area contributed by atoms with Crippen LogP contribution in [0.1, 0.15) is 24.8 Å². The molecule has 0 bridgehead atoms. The molecule has 2 amide bonds. The Kier molecular flexibility index (Phi) is 13.5. The third-order valence-electron chi connectivity index (χ3n) is 7.88. The SMILES string of the molecule is C=O.O=C(NC(Cc1ccccc1)C(=O)NCCCN1CCOCC1)C1CCN(OS(=O)c2ccc3ccccc3c2)CC1. The van der Waals surface area contributed by atoms with Gasteiger partial charge in [0.05, 0.1) is 18.1 Å². The third kappa shape index (κ3) is 10.0. The monoisotopic (exact) mass is 622 g/mol. The number of hydroxylamine groups is 2. The van der Waals surface area contributed by atoms with Gasteiger partial charge in [0, 0.05) is 45.1 Å². The summed E-state index contributed by atoms with van der Waals surface area (Å²) in [6, 6.07) is 22.7. The molecule has 2 fully saturated rings. The Morgan fingerprint density at radius 1 is 0.932 bits per heavy atom. The molecule has 0 aromatic heterocycles. The first-order chi connectivity index (χ1) is 21.5. The molecule has 2 heterocycles. The van der Waals surface area contributed by atoms with E-state index in [2.05, 4.69) is 15.5 Å². The summed E-state index contributed by atoms with van der Waals surface area (Å²) in [7, 11) is 0. The summed E-state index contributed by atoms with van der Waals surface area (Å²) in [4.78, 5) is 37.4. The number of fused-ring (bicyclic) bond motifs is 1. The van der Waals surface area contributed by atoms with Gasteiger partial charge in [-0.3, -0.25) is 14.5 Å². The van der Waals surface area contributed by atoms with Gasteiger partial charge in [0.1, 0.15) is 12.8 Å². The number of hydrogen-bond acceptors (Lipinski definition) is 8. The van der Waals surface area contributed by atoms with Crippen LogP contribution in [0.15, 0.2) is 77.7 Å². The average Bonchev–Trinajstić information content (AvgIpc) is 3.08. The Labute approximate surface area is 261 Å². The lowest BCUT2D eigenvalue weighted by Gasteiger charge is -2.30. The second-order valence-corrected chi connectivity index (χ2v) is 12.0. The minimum absolute atomic E-state index is 0.130. The van der Waals surface area contributed by atoms with Crippen molar-refractivity contribution < 1.29 is 27.6 Å². The molecule has 0 aliphatic carbocycles. The maximum Gasteiger partial charge on any atom is 0.242 e. The van der Waals surface area contributed by atoms with Crippen LogP contribution in [0.3, 0.4) is 0 Å². The molecule has 3 aromatic rings. The summed E-state index contributed by atoms with van der Waals surface area (Å²) in [5, 5.41) is 9.83. The molecule has 2 aliphatic heterocycles. The van der Waals surface area contributed by atoms with Crippen molar-refractivity contribution in [1.82, 2.24) is 20.6 Å². The van der Waals surface area contributed by atoms with Gasteiger partial charge in [-0.05, 0) is 54.3 Å². The molecule has 5 rings (SSSR count). The van der Waals surface area contributed by atoms with E-state index >= 15 is 0 Å². The van der Waals surface area contributed by atoms with Gasteiger partial charge < -0.3 is 20.2 Å². The van der Waals surface area contributed by atoms with Crippen LogP contribution in [0.4, 0.5) is 0 Å². The van der Waals surface area contributed by atoms with Gasteiger partial charge in [-0.1, -0.05) is 60.7 Å². The summed E-state index contributed by atoms with van der Waals surface area (Å²) in [5.41, 5.74) is 0.991. The summed E-state index contributed by atoms with van der Waals surface area (Å²) >= 11 is -1.64. The largest absolute Gasteiger partial charge is 0.379 e. The molecular weight excluding hydrogens is 580 g/mol. The molecule has 0 spiro atoms. The van der Waals surface area contributed by atoms with E-state index in [1.165, 1.54) is 0 Å². The van der Waals surface area contributed by atoms with Gasteiger partial charge in [-0.25, -0.2) is 4.21 Å². The van der Waals surface area contributed by atoms with Crippen molar-refractivity contribution in [1.29, 1.82) is 0 Å². The van der Waals surface area contributed by atoms with Crippen LogP contribution in [0, 0.1) is 5.92 Å². The zero-order chi connectivity index (χ0) is 31.1. The smallest absolute Gasteiger partial charge is 0.242 e. The predicted molar refractivity (Wildman–Crippen MR) is 170 cm³/mol. The Morgan fingerprint density at radius 3 is 2.34 bits per heavy atom. The third-order valence-corrected chi connectivity index (χ3v) is 8.87. The van der Waals surface area contributed by atoms with Crippen molar-refractivity contribution in [2.45, 2.75) is 36.6 Å². The molecule has 2 N–H and O–H groups in total. The Balaban J connectivity index is 0.00000216. The summed E-state index contributed by atoms with van der Waals surface area (Å²) in [5.74, 6) is -0.540. The highest BCUT2D eigenvalue weighted by molar-refractivity contribution is 7.80. The summed E-state index contributed by atoms with van der Waals surface area (Å²) in [6.45, 7) is 7.78. The van der Waals surface area contributed by atoms with Gasteiger partial charge in [-0.15, -0.1) is 0 Å². The molecule has 2 unspecified atom stereocenters. The second-order valence-electron chi connectivity index (χ2n) is 10.9. The highest BCUT2D eigenvalue weighted by atomic mass is 32.2. The quantitative estimate of drug-likeness (QED) is 0.296. The number of nitrogens with zero attached hydrogens (tertiary/aromatic N) is 2. The number of rotatable bonds is 12. The molecule has 2 aliphatic rings. The van der Waals surface area contributed by atoms with E-state index in [4.69, 9.17) is 13.8 Å². The Morgan fingerprint density at radius 2 is 1.61 bits per heavy atom. The Bertz CT molecular complexity index is 1360. The predicted octanol–water partition coefficient (Wildman–Crippen LogP) is 2.89. The molecular formula is C33H42N4O6S. The maximum atomic E-state index is 13.3. The zero-order valence-corrected chi connectivity index (χ0v) is 25.8. The fraction of sp³-hybridized carbons (Fsp3) is 0.424. The number of carbonyl (C=O) groups excluding carboxylic acids is 3. The molecule has 0 radical (unpaired) electrons. The van der Waals surface area contributed by atoms with E-state index in [-0.39, 0.29) is 17.7 Å². The highest BCUT2D eigenvalue weighted by Crippen LogP contribution is 2.22. The minimum atomic E-state index is -1.64. The van der Waals surface area contributed by atoms with E-state index in [1.807, 2.05) is 79.6 Å². The fourth-order valence-corrected chi connectivity index (χ4v) is 6.24. The number of amides is 2. The first-order valence-corrected chi connectivity index (χ1v) is 16.2. The van der Waals surface area contributed by atoms with E-state index in [9.17, 15) is 13.8 Å². The normalized spacial score (nSPS) is 17.6. The molecule has 2 atom stereocenters. The number of morpholine rings is 1. The van der Waals surface area contributed by atoms with Crippen molar-refractivity contribution in [2.24, 2.45) is 5.92 Å². The average molecular weight is 623 g/mol. The molecule has 10 nitrogen and oxygen atoms in total. The molecule has 2 saturated heterocycles. The maximum absolute atomic E-state index is 13.3. The number of nitrogens with one attached hydrogen (secondary N) is 2. The summed E-state index contributed by atoms with van der Waals surface area (Å²) in [6.07, 6.45) is 2.38. The molecule has 11 heteroatoms. The topological polar surface area (TPSA) is 117 Å². The van der Waals surface area contributed by atoms with Crippen molar-refractivity contribution in [2.75, 3.05) is 52.5 Å². The van der Waals surface area contributed by atoms with Crippen LogP contribution in [0.25, 0.3) is 10.8 Å². The Hall–Kier alpha value is -3.48. The van der Waals surface area contributed by atoms with Crippen molar-refractivity contribution in [3.8, 4) is 0 Å². The number of piperidine rings is 1.